The van der Waals surface area contributed by atoms with Crippen LogP contribution in [0.2, 0.25) is 0 Å². The SMILES string of the molecule is CCCN(C)N(C)C/C(C)=C/C=C\C(F)=C(/C)F. The Hall–Kier alpha value is -1.00. The van der Waals surface area contributed by atoms with Crippen LogP contribution in [0.5, 0.6) is 0 Å². The molecule has 0 saturated carbocycles. The minimum Gasteiger partial charge on any atom is -0.245 e. The van der Waals surface area contributed by atoms with Crippen molar-refractivity contribution >= 4 is 0 Å². The summed E-state index contributed by atoms with van der Waals surface area (Å²) in [4.78, 5) is 0. The van der Waals surface area contributed by atoms with Gasteiger partial charge in [-0.1, -0.05) is 24.6 Å². The van der Waals surface area contributed by atoms with Gasteiger partial charge in [0.1, 0.15) is 5.83 Å². The van der Waals surface area contributed by atoms with Crippen LogP contribution in [0.4, 0.5) is 8.78 Å². The Morgan fingerprint density at radius 2 is 1.72 bits per heavy atom. The minimum atomic E-state index is -0.824. The lowest BCUT2D eigenvalue weighted by molar-refractivity contribution is 0.0372. The summed E-state index contributed by atoms with van der Waals surface area (Å²) in [6, 6.07) is 0. The summed E-state index contributed by atoms with van der Waals surface area (Å²) in [7, 11) is 4.03. The van der Waals surface area contributed by atoms with E-state index in [1.54, 1.807) is 6.08 Å². The van der Waals surface area contributed by atoms with Crippen LogP contribution in [0, 0.1) is 0 Å². The number of hydrogen-bond donors (Lipinski definition) is 0. The van der Waals surface area contributed by atoms with Gasteiger partial charge in [0.05, 0.1) is 0 Å². The van der Waals surface area contributed by atoms with Crippen molar-refractivity contribution in [3.8, 4) is 0 Å². The molecule has 0 aromatic rings. The third-order valence-electron chi connectivity index (χ3n) is 2.56. The molecular formula is C14H24F2N2. The van der Waals surface area contributed by atoms with Crippen LogP contribution in [0.25, 0.3) is 0 Å². The molecule has 18 heavy (non-hydrogen) atoms. The third-order valence-corrected chi connectivity index (χ3v) is 2.56. The Bertz CT molecular complexity index is 329. The van der Waals surface area contributed by atoms with Crippen LogP contribution in [0.3, 0.4) is 0 Å². The monoisotopic (exact) mass is 258 g/mol. The standard InChI is InChI=1S/C14H24F2N2/c1-6-10-17(4)18(5)11-12(2)8-7-9-14(16)13(3)15/h7-9H,6,10-11H2,1-5H3/b9-7-,12-8+,14-13-. The predicted octanol–water partition coefficient (Wildman–Crippen LogP) is 3.85. The zero-order chi connectivity index (χ0) is 14.1. The fourth-order valence-electron chi connectivity index (χ4n) is 1.44. The van der Waals surface area contributed by atoms with E-state index in [1.165, 1.54) is 6.08 Å². The molecular weight excluding hydrogens is 234 g/mol. The maximum absolute atomic E-state index is 12.8. The molecule has 0 heterocycles. The highest BCUT2D eigenvalue weighted by molar-refractivity contribution is 5.20. The molecule has 0 rings (SSSR count). The van der Waals surface area contributed by atoms with E-state index in [0.717, 1.165) is 38.1 Å². The first-order chi connectivity index (χ1) is 8.38. The molecule has 104 valence electrons. The lowest BCUT2D eigenvalue weighted by Gasteiger charge is -2.28. The number of hydrazine groups is 1. The molecule has 0 aromatic heterocycles. The Morgan fingerprint density at radius 3 is 2.22 bits per heavy atom. The van der Waals surface area contributed by atoms with Crippen LogP contribution in [-0.2, 0) is 0 Å². The van der Waals surface area contributed by atoms with E-state index < -0.39 is 11.7 Å². The molecule has 0 amide bonds. The second kappa shape index (κ2) is 9.00. The molecule has 0 unspecified atom stereocenters. The van der Waals surface area contributed by atoms with E-state index in [2.05, 4.69) is 16.9 Å². The molecule has 2 nitrogen and oxygen atoms in total. The van der Waals surface area contributed by atoms with E-state index in [1.807, 2.05) is 21.0 Å². The first-order valence-corrected chi connectivity index (χ1v) is 6.16. The van der Waals surface area contributed by atoms with Gasteiger partial charge in [0.15, 0.2) is 5.83 Å². The average molecular weight is 258 g/mol. The van der Waals surface area contributed by atoms with Crippen molar-refractivity contribution in [3.63, 3.8) is 0 Å². The second-order valence-electron chi connectivity index (χ2n) is 4.45. The van der Waals surface area contributed by atoms with Crippen LogP contribution in [-0.4, -0.2) is 37.2 Å². The van der Waals surface area contributed by atoms with Crippen molar-refractivity contribution in [2.75, 3.05) is 27.2 Å². The number of nitrogens with zero attached hydrogens (tertiary/aromatic N) is 2. The molecule has 0 aliphatic heterocycles. The summed E-state index contributed by atoms with van der Waals surface area (Å²) < 4.78 is 25.3. The molecule has 0 saturated heterocycles. The summed E-state index contributed by atoms with van der Waals surface area (Å²) >= 11 is 0. The molecule has 0 spiro atoms. The normalized spacial score (nSPS) is 14.8. The first kappa shape index (κ1) is 17.0. The first-order valence-electron chi connectivity index (χ1n) is 6.16. The highest BCUT2D eigenvalue weighted by Gasteiger charge is 2.04. The van der Waals surface area contributed by atoms with Crippen molar-refractivity contribution in [3.05, 3.63) is 35.5 Å². The summed E-state index contributed by atoms with van der Waals surface area (Å²) in [5.74, 6) is -1.62. The van der Waals surface area contributed by atoms with Gasteiger partial charge >= 0.3 is 0 Å². The largest absolute Gasteiger partial charge is 0.245 e. The highest BCUT2D eigenvalue weighted by Crippen LogP contribution is 2.08. The van der Waals surface area contributed by atoms with E-state index >= 15 is 0 Å². The highest BCUT2D eigenvalue weighted by atomic mass is 19.2. The molecule has 0 bridgehead atoms. The van der Waals surface area contributed by atoms with Crippen molar-refractivity contribution in [1.29, 1.82) is 0 Å². The Morgan fingerprint density at radius 1 is 1.11 bits per heavy atom. The maximum atomic E-state index is 12.8. The van der Waals surface area contributed by atoms with Crippen LogP contribution < -0.4 is 0 Å². The van der Waals surface area contributed by atoms with Gasteiger partial charge in [0.25, 0.3) is 0 Å². The Labute approximate surface area is 109 Å². The fourth-order valence-corrected chi connectivity index (χ4v) is 1.44. The number of allylic oxidation sites excluding steroid dienone is 5. The lowest BCUT2D eigenvalue weighted by atomic mass is 10.2. The predicted molar refractivity (Wildman–Crippen MR) is 73.4 cm³/mol. The van der Waals surface area contributed by atoms with E-state index in [-0.39, 0.29) is 0 Å². The van der Waals surface area contributed by atoms with Gasteiger partial charge in [-0.25, -0.2) is 18.8 Å². The third kappa shape index (κ3) is 7.35. The molecule has 0 aliphatic rings. The van der Waals surface area contributed by atoms with E-state index in [4.69, 9.17) is 0 Å². The van der Waals surface area contributed by atoms with E-state index in [9.17, 15) is 8.78 Å². The van der Waals surface area contributed by atoms with Gasteiger partial charge in [-0.3, -0.25) is 0 Å². The molecule has 0 fully saturated rings. The van der Waals surface area contributed by atoms with Gasteiger partial charge < -0.3 is 0 Å². The minimum absolute atomic E-state index is 0.765. The average Bonchev–Trinajstić information content (AvgIpc) is 2.28. The quantitative estimate of drug-likeness (QED) is 0.505. The van der Waals surface area contributed by atoms with Crippen molar-refractivity contribution in [2.45, 2.75) is 27.2 Å². The zero-order valence-electron chi connectivity index (χ0n) is 12.0. The Balaban J connectivity index is 4.32. The molecule has 0 aromatic carbocycles. The molecule has 0 aliphatic carbocycles. The number of halogens is 2. The van der Waals surface area contributed by atoms with Gasteiger partial charge in [0.2, 0.25) is 0 Å². The van der Waals surface area contributed by atoms with Crippen LogP contribution >= 0.6 is 0 Å². The van der Waals surface area contributed by atoms with Crippen molar-refractivity contribution < 1.29 is 8.78 Å². The van der Waals surface area contributed by atoms with Crippen molar-refractivity contribution in [1.82, 2.24) is 10.0 Å². The number of rotatable bonds is 7. The number of hydrogen-bond acceptors (Lipinski definition) is 2. The molecule has 4 heteroatoms. The Kier molecular flexibility index (Phi) is 8.50. The smallest absolute Gasteiger partial charge is 0.154 e. The second-order valence-corrected chi connectivity index (χ2v) is 4.45. The molecule has 0 atom stereocenters. The van der Waals surface area contributed by atoms with Crippen LogP contribution in [0.15, 0.2) is 35.5 Å². The maximum Gasteiger partial charge on any atom is 0.154 e. The summed E-state index contributed by atoms with van der Waals surface area (Å²) in [5.41, 5.74) is 1.08. The summed E-state index contributed by atoms with van der Waals surface area (Å²) in [6.07, 6.45) is 5.55. The lowest BCUT2D eigenvalue weighted by Crippen LogP contribution is -2.38. The van der Waals surface area contributed by atoms with E-state index in [0.29, 0.717) is 0 Å². The van der Waals surface area contributed by atoms with Crippen molar-refractivity contribution in [2.24, 2.45) is 0 Å². The van der Waals surface area contributed by atoms with Gasteiger partial charge in [-0.2, -0.15) is 0 Å². The van der Waals surface area contributed by atoms with Crippen LogP contribution in [0.1, 0.15) is 27.2 Å². The van der Waals surface area contributed by atoms with Gasteiger partial charge in [-0.05, 0) is 26.3 Å². The fraction of sp³-hybridized carbons (Fsp3) is 0.571. The zero-order valence-corrected chi connectivity index (χ0v) is 12.0. The van der Waals surface area contributed by atoms with Gasteiger partial charge in [0, 0.05) is 27.2 Å². The summed E-state index contributed by atoms with van der Waals surface area (Å²) in [6.45, 7) is 6.96. The molecule has 0 N–H and O–H groups in total. The number of likely N-dealkylation sites (N-methyl/N-ethyl adjacent to an activating group) is 1. The molecule has 0 radical (unpaired) electrons. The summed E-state index contributed by atoms with van der Waals surface area (Å²) in [5, 5.41) is 4.23. The van der Waals surface area contributed by atoms with Gasteiger partial charge in [-0.15, -0.1) is 0 Å². The topological polar surface area (TPSA) is 6.48 Å².